The van der Waals surface area contributed by atoms with Crippen LogP contribution in [0.2, 0.25) is 0 Å². The second-order valence-electron chi connectivity index (χ2n) is 5.03. The van der Waals surface area contributed by atoms with E-state index < -0.39 is 0 Å². The zero-order valence-electron chi connectivity index (χ0n) is 9.22. The molecule has 74 valence electrons. The monoisotopic (exact) mass is 181 g/mol. The summed E-state index contributed by atoms with van der Waals surface area (Å²) in [7, 11) is 0. The normalized spacial score (nSPS) is 12.5. The highest BCUT2D eigenvalue weighted by atomic mass is 16.5. The molecular formula is C11H19NO. The van der Waals surface area contributed by atoms with Crippen molar-refractivity contribution in [3.8, 4) is 0 Å². The molecule has 0 fully saturated rings. The molecule has 0 bridgehead atoms. The Labute approximate surface area is 80.3 Å². The summed E-state index contributed by atoms with van der Waals surface area (Å²) in [5, 5.41) is 4.07. The van der Waals surface area contributed by atoms with E-state index in [1.165, 1.54) is 0 Å². The minimum absolute atomic E-state index is 0.0960. The first-order valence-corrected chi connectivity index (χ1v) is 4.85. The third-order valence-electron chi connectivity index (χ3n) is 1.94. The van der Waals surface area contributed by atoms with Crippen LogP contribution in [0.4, 0.5) is 0 Å². The van der Waals surface area contributed by atoms with E-state index in [2.05, 4.69) is 45.8 Å². The quantitative estimate of drug-likeness (QED) is 0.700. The summed E-state index contributed by atoms with van der Waals surface area (Å²) in [6.07, 6.45) is 0.975. The summed E-state index contributed by atoms with van der Waals surface area (Å²) < 4.78 is 5.25. The fourth-order valence-corrected chi connectivity index (χ4v) is 1.16. The fourth-order valence-electron chi connectivity index (χ4n) is 1.16. The van der Waals surface area contributed by atoms with Gasteiger partial charge in [0.2, 0.25) is 0 Å². The molecule has 1 aromatic rings. The molecule has 0 radical (unpaired) electrons. The topological polar surface area (TPSA) is 26.0 Å². The van der Waals surface area contributed by atoms with E-state index in [0.717, 1.165) is 17.9 Å². The van der Waals surface area contributed by atoms with Gasteiger partial charge in [-0.05, 0) is 5.92 Å². The minimum atomic E-state index is 0.0960. The van der Waals surface area contributed by atoms with Crippen molar-refractivity contribution in [2.24, 2.45) is 5.92 Å². The SMILES string of the molecule is CC(C)Cc1cc(C(C)(C)C)no1. The second kappa shape index (κ2) is 3.52. The van der Waals surface area contributed by atoms with Crippen LogP contribution in [-0.4, -0.2) is 5.16 Å². The molecule has 0 amide bonds. The molecule has 0 atom stereocenters. The van der Waals surface area contributed by atoms with Crippen LogP contribution < -0.4 is 0 Å². The molecule has 1 rings (SSSR count). The van der Waals surface area contributed by atoms with Crippen LogP contribution in [0.1, 0.15) is 46.1 Å². The first-order chi connectivity index (χ1) is 5.89. The molecule has 0 aromatic carbocycles. The number of hydrogen-bond acceptors (Lipinski definition) is 2. The average Bonchev–Trinajstić information content (AvgIpc) is 2.32. The Morgan fingerprint density at radius 2 is 2.00 bits per heavy atom. The molecule has 2 heteroatoms. The summed E-state index contributed by atoms with van der Waals surface area (Å²) in [6.45, 7) is 10.8. The number of aromatic nitrogens is 1. The molecule has 0 spiro atoms. The van der Waals surface area contributed by atoms with Gasteiger partial charge in [-0.3, -0.25) is 0 Å². The van der Waals surface area contributed by atoms with Crippen LogP contribution in [0.3, 0.4) is 0 Å². The highest BCUT2D eigenvalue weighted by Crippen LogP contribution is 2.22. The molecule has 13 heavy (non-hydrogen) atoms. The van der Waals surface area contributed by atoms with E-state index in [9.17, 15) is 0 Å². The molecule has 1 heterocycles. The summed E-state index contributed by atoms with van der Waals surface area (Å²) in [4.78, 5) is 0. The molecule has 0 saturated heterocycles. The molecular weight excluding hydrogens is 162 g/mol. The maximum atomic E-state index is 5.25. The summed E-state index contributed by atoms with van der Waals surface area (Å²) in [6, 6.07) is 2.07. The first-order valence-electron chi connectivity index (χ1n) is 4.85. The van der Waals surface area contributed by atoms with Crippen molar-refractivity contribution in [3.63, 3.8) is 0 Å². The van der Waals surface area contributed by atoms with Gasteiger partial charge in [0, 0.05) is 17.9 Å². The Hall–Kier alpha value is -0.790. The lowest BCUT2D eigenvalue weighted by Gasteiger charge is -2.12. The van der Waals surface area contributed by atoms with Crippen molar-refractivity contribution in [2.75, 3.05) is 0 Å². The van der Waals surface area contributed by atoms with Crippen LogP contribution in [0.25, 0.3) is 0 Å². The zero-order chi connectivity index (χ0) is 10.1. The molecule has 0 unspecified atom stereocenters. The Bertz CT molecular complexity index is 268. The molecule has 0 N–H and O–H groups in total. The van der Waals surface area contributed by atoms with E-state index in [-0.39, 0.29) is 5.41 Å². The van der Waals surface area contributed by atoms with Crippen molar-refractivity contribution in [1.29, 1.82) is 0 Å². The molecule has 2 nitrogen and oxygen atoms in total. The van der Waals surface area contributed by atoms with Crippen molar-refractivity contribution < 1.29 is 4.52 Å². The van der Waals surface area contributed by atoms with Crippen LogP contribution in [0.5, 0.6) is 0 Å². The molecule has 0 saturated carbocycles. The van der Waals surface area contributed by atoms with E-state index in [0.29, 0.717) is 5.92 Å². The number of hydrogen-bond donors (Lipinski definition) is 0. The predicted molar refractivity (Wildman–Crippen MR) is 53.7 cm³/mol. The molecule has 0 aliphatic carbocycles. The standard InChI is InChI=1S/C11H19NO/c1-8(2)6-9-7-10(12-13-9)11(3,4)5/h7-8H,6H2,1-5H3. The second-order valence-corrected chi connectivity index (χ2v) is 5.03. The third-order valence-corrected chi connectivity index (χ3v) is 1.94. The van der Waals surface area contributed by atoms with Gasteiger partial charge in [-0.15, -0.1) is 0 Å². The Kier molecular flexibility index (Phi) is 2.79. The molecule has 1 aromatic heterocycles. The lowest BCUT2D eigenvalue weighted by atomic mass is 9.92. The van der Waals surface area contributed by atoms with Crippen molar-refractivity contribution in [1.82, 2.24) is 5.16 Å². The number of rotatable bonds is 2. The van der Waals surface area contributed by atoms with Gasteiger partial charge >= 0.3 is 0 Å². The highest BCUT2D eigenvalue weighted by Gasteiger charge is 2.18. The van der Waals surface area contributed by atoms with Crippen LogP contribution >= 0.6 is 0 Å². The van der Waals surface area contributed by atoms with E-state index in [1.54, 1.807) is 0 Å². The van der Waals surface area contributed by atoms with E-state index >= 15 is 0 Å². The summed E-state index contributed by atoms with van der Waals surface area (Å²) in [5.41, 5.74) is 1.14. The van der Waals surface area contributed by atoms with Gasteiger partial charge < -0.3 is 4.52 Å². The van der Waals surface area contributed by atoms with Gasteiger partial charge in [-0.25, -0.2) is 0 Å². The summed E-state index contributed by atoms with van der Waals surface area (Å²) >= 11 is 0. The van der Waals surface area contributed by atoms with Crippen LogP contribution in [-0.2, 0) is 11.8 Å². The van der Waals surface area contributed by atoms with Gasteiger partial charge in [0.25, 0.3) is 0 Å². The summed E-state index contributed by atoms with van der Waals surface area (Å²) in [5.74, 6) is 1.63. The Balaban J connectivity index is 2.75. The van der Waals surface area contributed by atoms with Gasteiger partial charge in [-0.1, -0.05) is 39.8 Å². The lowest BCUT2D eigenvalue weighted by Crippen LogP contribution is -2.11. The highest BCUT2D eigenvalue weighted by molar-refractivity contribution is 5.14. The Morgan fingerprint density at radius 1 is 1.38 bits per heavy atom. The maximum absolute atomic E-state index is 5.25. The van der Waals surface area contributed by atoms with Gasteiger partial charge in [0.05, 0.1) is 5.69 Å². The lowest BCUT2D eigenvalue weighted by molar-refractivity contribution is 0.353. The van der Waals surface area contributed by atoms with E-state index in [4.69, 9.17) is 4.52 Å². The predicted octanol–water partition coefficient (Wildman–Crippen LogP) is 3.17. The minimum Gasteiger partial charge on any atom is -0.361 e. The fraction of sp³-hybridized carbons (Fsp3) is 0.727. The number of nitrogens with zero attached hydrogens (tertiary/aromatic N) is 1. The van der Waals surface area contributed by atoms with Crippen LogP contribution in [0, 0.1) is 5.92 Å². The van der Waals surface area contributed by atoms with Crippen molar-refractivity contribution in [2.45, 2.75) is 46.5 Å². The van der Waals surface area contributed by atoms with E-state index in [1.807, 2.05) is 0 Å². The van der Waals surface area contributed by atoms with Crippen molar-refractivity contribution >= 4 is 0 Å². The Morgan fingerprint density at radius 3 is 2.38 bits per heavy atom. The molecule has 0 aliphatic heterocycles. The first kappa shape index (κ1) is 10.3. The van der Waals surface area contributed by atoms with Gasteiger partial charge in [0.1, 0.15) is 5.76 Å². The van der Waals surface area contributed by atoms with Crippen molar-refractivity contribution in [3.05, 3.63) is 17.5 Å². The average molecular weight is 181 g/mol. The maximum Gasteiger partial charge on any atom is 0.137 e. The van der Waals surface area contributed by atoms with Gasteiger partial charge in [0.15, 0.2) is 0 Å². The van der Waals surface area contributed by atoms with Gasteiger partial charge in [-0.2, -0.15) is 0 Å². The zero-order valence-corrected chi connectivity index (χ0v) is 9.22. The third kappa shape index (κ3) is 2.87. The largest absolute Gasteiger partial charge is 0.361 e. The molecule has 0 aliphatic rings. The van der Waals surface area contributed by atoms with Crippen LogP contribution in [0.15, 0.2) is 10.6 Å². The smallest absolute Gasteiger partial charge is 0.137 e.